The number of carbonyl (C=O) groups is 2. The first-order chi connectivity index (χ1) is 9.09. The Morgan fingerprint density at radius 3 is 2.68 bits per heavy atom. The van der Waals surface area contributed by atoms with E-state index in [4.69, 9.17) is 5.11 Å². The second kappa shape index (κ2) is 5.87. The van der Waals surface area contributed by atoms with Crippen LogP contribution in [-0.4, -0.2) is 34.5 Å². The van der Waals surface area contributed by atoms with Crippen LogP contribution in [0.1, 0.15) is 37.7 Å². The molecule has 19 heavy (non-hydrogen) atoms. The van der Waals surface area contributed by atoms with Crippen LogP contribution in [-0.2, 0) is 9.59 Å². The number of carboxylic acid groups (broad SMARTS) is 1. The lowest BCUT2D eigenvalue weighted by atomic mass is 9.99. The van der Waals surface area contributed by atoms with E-state index in [2.05, 4.69) is 0 Å². The molecular formula is C15H19NO3. The standard InChI is InChI=1S/C15H19NO3/c1-11(12-6-3-2-4-7-12)15(19)16-9-5-8-13(16)10-14(17)18/h2-4,6-7,11,13H,5,8-10H2,1H3,(H,17,18). The van der Waals surface area contributed by atoms with Gasteiger partial charge in [0.1, 0.15) is 0 Å². The van der Waals surface area contributed by atoms with Gasteiger partial charge in [-0.2, -0.15) is 0 Å². The lowest BCUT2D eigenvalue weighted by molar-refractivity contribution is -0.140. The second-order valence-corrected chi connectivity index (χ2v) is 5.06. The maximum Gasteiger partial charge on any atom is 0.305 e. The average molecular weight is 261 g/mol. The van der Waals surface area contributed by atoms with E-state index < -0.39 is 5.97 Å². The third-order valence-corrected chi connectivity index (χ3v) is 3.74. The Morgan fingerprint density at radius 1 is 1.37 bits per heavy atom. The SMILES string of the molecule is CC(C(=O)N1CCCC1CC(=O)O)c1ccccc1. The molecule has 1 amide bonds. The first-order valence-corrected chi connectivity index (χ1v) is 6.67. The van der Waals surface area contributed by atoms with Gasteiger partial charge in [0.2, 0.25) is 5.91 Å². The lowest BCUT2D eigenvalue weighted by Gasteiger charge is -2.26. The molecule has 4 heteroatoms. The summed E-state index contributed by atoms with van der Waals surface area (Å²) in [6.07, 6.45) is 1.73. The molecule has 1 aliphatic heterocycles. The molecule has 1 N–H and O–H groups in total. The number of likely N-dealkylation sites (tertiary alicyclic amines) is 1. The predicted molar refractivity (Wildman–Crippen MR) is 71.8 cm³/mol. The number of hydrogen-bond donors (Lipinski definition) is 1. The van der Waals surface area contributed by atoms with E-state index in [-0.39, 0.29) is 24.3 Å². The molecule has 0 aliphatic carbocycles. The van der Waals surface area contributed by atoms with Crippen molar-refractivity contribution in [2.75, 3.05) is 6.54 Å². The summed E-state index contributed by atoms with van der Waals surface area (Å²) < 4.78 is 0. The number of carboxylic acids is 1. The number of hydrogen-bond acceptors (Lipinski definition) is 2. The molecule has 1 aromatic carbocycles. The van der Waals surface area contributed by atoms with Crippen LogP contribution >= 0.6 is 0 Å². The van der Waals surface area contributed by atoms with Gasteiger partial charge in [-0.25, -0.2) is 0 Å². The van der Waals surface area contributed by atoms with Crippen molar-refractivity contribution < 1.29 is 14.7 Å². The largest absolute Gasteiger partial charge is 0.481 e. The van der Waals surface area contributed by atoms with E-state index in [1.54, 1.807) is 4.90 Å². The molecule has 0 aromatic heterocycles. The Hall–Kier alpha value is -1.84. The van der Waals surface area contributed by atoms with E-state index in [1.165, 1.54) is 0 Å². The molecule has 2 atom stereocenters. The zero-order valence-corrected chi connectivity index (χ0v) is 11.1. The van der Waals surface area contributed by atoms with E-state index in [1.807, 2.05) is 37.3 Å². The molecule has 102 valence electrons. The van der Waals surface area contributed by atoms with Crippen molar-refractivity contribution in [3.8, 4) is 0 Å². The summed E-state index contributed by atoms with van der Waals surface area (Å²) in [4.78, 5) is 25.0. The van der Waals surface area contributed by atoms with Crippen molar-refractivity contribution in [2.45, 2.75) is 38.1 Å². The number of benzene rings is 1. The maximum atomic E-state index is 12.5. The van der Waals surface area contributed by atoms with E-state index in [9.17, 15) is 9.59 Å². The van der Waals surface area contributed by atoms with E-state index >= 15 is 0 Å². The zero-order valence-electron chi connectivity index (χ0n) is 11.1. The molecule has 1 fully saturated rings. The zero-order chi connectivity index (χ0) is 13.8. The van der Waals surface area contributed by atoms with E-state index in [0.29, 0.717) is 6.54 Å². The molecule has 0 saturated carbocycles. The van der Waals surface area contributed by atoms with Gasteiger partial charge in [0.25, 0.3) is 0 Å². The van der Waals surface area contributed by atoms with Crippen molar-refractivity contribution in [3.05, 3.63) is 35.9 Å². The van der Waals surface area contributed by atoms with Crippen molar-refractivity contribution >= 4 is 11.9 Å². The summed E-state index contributed by atoms with van der Waals surface area (Å²) in [5, 5.41) is 8.89. The highest BCUT2D eigenvalue weighted by Gasteiger charge is 2.32. The monoisotopic (exact) mass is 261 g/mol. The Balaban J connectivity index is 2.08. The fourth-order valence-corrected chi connectivity index (χ4v) is 2.67. The van der Waals surface area contributed by atoms with Gasteiger partial charge in [-0.05, 0) is 25.3 Å². The Morgan fingerprint density at radius 2 is 2.05 bits per heavy atom. The van der Waals surface area contributed by atoms with Gasteiger partial charge >= 0.3 is 5.97 Å². The summed E-state index contributed by atoms with van der Waals surface area (Å²) in [6.45, 7) is 2.56. The molecule has 2 rings (SSSR count). The fraction of sp³-hybridized carbons (Fsp3) is 0.467. The normalized spacial score (nSPS) is 20.3. The van der Waals surface area contributed by atoms with Crippen molar-refractivity contribution in [1.29, 1.82) is 0 Å². The summed E-state index contributed by atoms with van der Waals surface area (Å²) in [5.74, 6) is -1.01. The highest BCUT2D eigenvalue weighted by atomic mass is 16.4. The van der Waals surface area contributed by atoms with Gasteiger partial charge in [-0.3, -0.25) is 9.59 Å². The lowest BCUT2D eigenvalue weighted by Crippen LogP contribution is -2.39. The number of aliphatic carboxylic acids is 1. The smallest absolute Gasteiger partial charge is 0.305 e. The first-order valence-electron chi connectivity index (χ1n) is 6.67. The highest BCUT2D eigenvalue weighted by molar-refractivity contribution is 5.84. The van der Waals surface area contributed by atoms with Crippen molar-refractivity contribution in [3.63, 3.8) is 0 Å². The molecule has 1 aliphatic rings. The molecule has 1 heterocycles. The predicted octanol–water partition coefficient (Wildman–Crippen LogP) is 2.26. The summed E-state index contributed by atoms with van der Waals surface area (Å²) in [6, 6.07) is 9.48. The third-order valence-electron chi connectivity index (χ3n) is 3.74. The van der Waals surface area contributed by atoms with Crippen LogP contribution in [0.2, 0.25) is 0 Å². The summed E-state index contributed by atoms with van der Waals surface area (Å²) in [5.41, 5.74) is 0.980. The topological polar surface area (TPSA) is 57.6 Å². The van der Waals surface area contributed by atoms with Gasteiger partial charge < -0.3 is 10.0 Å². The van der Waals surface area contributed by atoms with Crippen molar-refractivity contribution in [2.24, 2.45) is 0 Å². The van der Waals surface area contributed by atoms with Crippen LogP contribution in [0.3, 0.4) is 0 Å². The van der Waals surface area contributed by atoms with Gasteiger partial charge in [-0.15, -0.1) is 0 Å². The number of amides is 1. The molecular weight excluding hydrogens is 242 g/mol. The third kappa shape index (κ3) is 3.13. The quantitative estimate of drug-likeness (QED) is 0.904. The summed E-state index contributed by atoms with van der Waals surface area (Å²) >= 11 is 0. The second-order valence-electron chi connectivity index (χ2n) is 5.06. The molecule has 0 bridgehead atoms. The maximum absolute atomic E-state index is 12.5. The molecule has 1 saturated heterocycles. The Labute approximate surface area is 113 Å². The molecule has 0 radical (unpaired) electrons. The van der Waals surface area contributed by atoms with Crippen LogP contribution in [0, 0.1) is 0 Å². The van der Waals surface area contributed by atoms with Gasteiger partial charge in [0, 0.05) is 12.6 Å². The van der Waals surface area contributed by atoms with Crippen LogP contribution in [0.5, 0.6) is 0 Å². The van der Waals surface area contributed by atoms with Crippen LogP contribution in [0.25, 0.3) is 0 Å². The average Bonchev–Trinajstić information content (AvgIpc) is 2.85. The van der Waals surface area contributed by atoms with Crippen LogP contribution in [0.15, 0.2) is 30.3 Å². The summed E-state index contributed by atoms with van der Waals surface area (Å²) in [7, 11) is 0. The van der Waals surface area contributed by atoms with Crippen LogP contribution < -0.4 is 0 Å². The fourth-order valence-electron chi connectivity index (χ4n) is 2.67. The Kier molecular flexibility index (Phi) is 4.20. The van der Waals surface area contributed by atoms with Crippen molar-refractivity contribution in [1.82, 2.24) is 4.90 Å². The van der Waals surface area contributed by atoms with Crippen LogP contribution in [0.4, 0.5) is 0 Å². The number of nitrogens with zero attached hydrogens (tertiary/aromatic N) is 1. The van der Waals surface area contributed by atoms with E-state index in [0.717, 1.165) is 18.4 Å². The first kappa shape index (κ1) is 13.6. The molecule has 0 spiro atoms. The molecule has 1 aromatic rings. The van der Waals surface area contributed by atoms with Gasteiger partial charge in [0.05, 0.1) is 12.3 Å². The van der Waals surface area contributed by atoms with Gasteiger partial charge in [0.15, 0.2) is 0 Å². The number of carbonyl (C=O) groups excluding carboxylic acids is 1. The Bertz CT molecular complexity index is 458. The molecule has 2 unspecified atom stereocenters. The molecule has 4 nitrogen and oxygen atoms in total. The number of rotatable bonds is 4. The highest BCUT2D eigenvalue weighted by Crippen LogP contribution is 2.26. The minimum Gasteiger partial charge on any atom is -0.481 e. The minimum atomic E-state index is -0.836. The van der Waals surface area contributed by atoms with Gasteiger partial charge in [-0.1, -0.05) is 30.3 Å². The minimum absolute atomic E-state index is 0.0370.